The van der Waals surface area contributed by atoms with E-state index in [9.17, 15) is 9.59 Å². The van der Waals surface area contributed by atoms with Crippen LogP contribution in [0.3, 0.4) is 0 Å². The first-order valence-corrected chi connectivity index (χ1v) is 4.96. The molecule has 1 unspecified atom stereocenters. The minimum atomic E-state index is -1.11. The summed E-state index contributed by atoms with van der Waals surface area (Å²) in [6.07, 6.45) is 1.48. The zero-order chi connectivity index (χ0) is 12.4. The van der Waals surface area contributed by atoms with Crippen LogP contribution in [0.4, 0.5) is 0 Å². The van der Waals surface area contributed by atoms with E-state index in [1.807, 2.05) is 0 Å². The second-order valence-electron chi connectivity index (χ2n) is 3.49. The van der Waals surface area contributed by atoms with Crippen LogP contribution < -0.4 is 5.56 Å². The van der Waals surface area contributed by atoms with Crippen LogP contribution in [-0.4, -0.2) is 20.9 Å². The molecule has 2 aromatic rings. The minimum Gasteiger partial charge on any atom is -0.480 e. The number of hydrogen-bond acceptors (Lipinski definition) is 4. The normalized spacial score (nSPS) is 12.3. The summed E-state index contributed by atoms with van der Waals surface area (Å²) in [7, 11) is 0. The highest BCUT2D eigenvalue weighted by Crippen LogP contribution is 2.15. The van der Waals surface area contributed by atoms with Gasteiger partial charge in [-0.25, -0.2) is 9.48 Å². The Bertz CT molecular complexity index is 586. The first-order valence-electron chi connectivity index (χ1n) is 4.96. The van der Waals surface area contributed by atoms with Crippen molar-refractivity contribution in [2.75, 3.05) is 0 Å². The zero-order valence-electron chi connectivity index (χ0n) is 9.03. The summed E-state index contributed by atoms with van der Waals surface area (Å²) in [6.45, 7) is 1.39. The molecule has 88 valence electrons. The Hall–Kier alpha value is -2.37. The van der Waals surface area contributed by atoms with Gasteiger partial charge in [-0.1, -0.05) is 0 Å². The summed E-state index contributed by atoms with van der Waals surface area (Å²) in [5, 5.41) is 12.8. The van der Waals surface area contributed by atoms with Crippen LogP contribution in [0.1, 0.15) is 13.0 Å². The van der Waals surface area contributed by atoms with Crippen molar-refractivity contribution in [1.82, 2.24) is 9.78 Å². The summed E-state index contributed by atoms with van der Waals surface area (Å²) >= 11 is 0. The molecular formula is C11H10N2O4. The average Bonchev–Trinajstić information content (AvgIpc) is 2.82. The SMILES string of the molecule is CC(C(=O)O)n1nc(-c2ccco2)ccc1=O. The highest BCUT2D eigenvalue weighted by molar-refractivity contribution is 5.71. The maximum Gasteiger partial charge on any atom is 0.328 e. The molecule has 0 aliphatic carbocycles. The molecule has 2 heterocycles. The molecule has 1 atom stereocenters. The van der Waals surface area contributed by atoms with Crippen LogP contribution in [0.5, 0.6) is 0 Å². The van der Waals surface area contributed by atoms with Crippen molar-refractivity contribution < 1.29 is 14.3 Å². The van der Waals surface area contributed by atoms with Gasteiger partial charge in [0.1, 0.15) is 5.69 Å². The molecule has 0 aromatic carbocycles. The van der Waals surface area contributed by atoms with Crippen LogP contribution in [0.25, 0.3) is 11.5 Å². The summed E-state index contributed by atoms with van der Waals surface area (Å²) in [4.78, 5) is 22.3. The Labute approximate surface area is 96.1 Å². The molecule has 17 heavy (non-hydrogen) atoms. The van der Waals surface area contributed by atoms with Crippen LogP contribution in [0, 0.1) is 0 Å². The highest BCUT2D eigenvalue weighted by atomic mass is 16.4. The van der Waals surface area contributed by atoms with E-state index in [1.165, 1.54) is 25.3 Å². The van der Waals surface area contributed by atoms with Gasteiger partial charge >= 0.3 is 5.97 Å². The molecule has 0 bridgehead atoms. The lowest BCUT2D eigenvalue weighted by molar-refractivity contribution is -0.140. The summed E-state index contributed by atoms with van der Waals surface area (Å²) in [5.74, 6) is -0.632. The summed E-state index contributed by atoms with van der Waals surface area (Å²) in [5.41, 5.74) is -0.0436. The molecule has 0 radical (unpaired) electrons. The van der Waals surface area contributed by atoms with Crippen molar-refractivity contribution in [3.63, 3.8) is 0 Å². The monoisotopic (exact) mass is 234 g/mol. The Morgan fingerprint density at radius 1 is 1.47 bits per heavy atom. The third-order valence-corrected chi connectivity index (χ3v) is 2.32. The van der Waals surface area contributed by atoms with E-state index in [4.69, 9.17) is 9.52 Å². The quantitative estimate of drug-likeness (QED) is 0.860. The Morgan fingerprint density at radius 3 is 2.82 bits per heavy atom. The van der Waals surface area contributed by atoms with Gasteiger partial charge in [0.05, 0.1) is 6.26 Å². The van der Waals surface area contributed by atoms with Gasteiger partial charge in [0.25, 0.3) is 5.56 Å². The average molecular weight is 234 g/mol. The third-order valence-electron chi connectivity index (χ3n) is 2.32. The van der Waals surface area contributed by atoms with E-state index in [0.29, 0.717) is 11.5 Å². The van der Waals surface area contributed by atoms with E-state index in [0.717, 1.165) is 4.68 Å². The zero-order valence-corrected chi connectivity index (χ0v) is 9.03. The van der Waals surface area contributed by atoms with E-state index in [1.54, 1.807) is 12.1 Å². The molecule has 0 aliphatic heterocycles. The maximum atomic E-state index is 11.5. The summed E-state index contributed by atoms with van der Waals surface area (Å²) < 4.78 is 6.05. The predicted molar refractivity (Wildman–Crippen MR) is 58.5 cm³/mol. The lowest BCUT2D eigenvalue weighted by Crippen LogP contribution is -2.29. The minimum absolute atomic E-state index is 0.419. The molecule has 6 heteroatoms. The molecule has 6 nitrogen and oxygen atoms in total. The summed E-state index contributed by atoms with van der Waals surface area (Å²) in [6, 6.07) is 5.11. The molecule has 0 aliphatic rings. The molecule has 1 N–H and O–H groups in total. The van der Waals surface area contributed by atoms with Crippen molar-refractivity contribution in [3.05, 3.63) is 40.9 Å². The van der Waals surface area contributed by atoms with Gasteiger partial charge in [0.2, 0.25) is 0 Å². The first-order chi connectivity index (χ1) is 8.09. The smallest absolute Gasteiger partial charge is 0.328 e. The lowest BCUT2D eigenvalue weighted by Gasteiger charge is -2.09. The fraction of sp³-hybridized carbons (Fsp3) is 0.182. The molecule has 0 saturated heterocycles. The van der Waals surface area contributed by atoms with Crippen LogP contribution in [0.15, 0.2) is 39.7 Å². The Balaban J connectivity index is 2.50. The van der Waals surface area contributed by atoms with Crippen molar-refractivity contribution in [2.45, 2.75) is 13.0 Å². The second kappa shape index (κ2) is 4.25. The van der Waals surface area contributed by atoms with E-state index in [-0.39, 0.29) is 0 Å². The van der Waals surface area contributed by atoms with Crippen molar-refractivity contribution in [2.24, 2.45) is 0 Å². The molecule has 0 fully saturated rings. The first kappa shape index (κ1) is 11.1. The molecule has 0 amide bonds. The number of hydrogen-bond donors (Lipinski definition) is 1. The largest absolute Gasteiger partial charge is 0.480 e. The fourth-order valence-corrected chi connectivity index (χ4v) is 1.36. The number of aliphatic carboxylic acids is 1. The number of carboxylic acids is 1. The van der Waals surface area contributed by atoms with Gasteiger partial charge in [-0.05, 0) is 25.1 Å². The fourth-order valence-electron chi connectivity index (χ4n) is 1.36. The molecule has 2 aromatic heterocycles. The van der Waals surface area contributed by atoms with E-state index < -0.39 is 17.6 Å². The number of furan rings is 1. The highest BCUT2D eigenvalue weighted by Gasteiger charge is 2.16. The number of nitrogens with zero attached hydrogens (tertiary/aromatic N) is 2. The molecule has 0 spiro atoms. The number of carboxylic acid groups (broad SMARTS) is 1. The predicted octanol–water partition coefficient (Wildman–Crippen LogP) is 1.15. The van der Waals surface area contributed by atoms with Crippen molar-refractivity contribution in [3.8, 4) is 11.5 Å². The van der Waals surface area contributed by atoms with Crippen LogP contribution >= 0.6 is 0 Å². The van der Waals surface area contributed by atoms with Gasteiger partial charge in [-0.15, -0.1) is 0 Å². The van der Waals surface area contributed by atoms with E-state index in [2.05, 4.69) is 5.10 Å². The maximum absolute atomic E-state index is 11.5. The third kappa shape index (κ3) is 2.10. The lowest BCUT2D eigenvalue weighted by atomic mass is 10.3. The standard InChI is InChI=1S/C11H10N2O4/c1-7(11(15)16)13-10(14)5-4-8(12-13)9-3-2-6-17-9/h2-7H,1H3,(H,15,16). The van der Waals surface area contributed by atoms with Gasteiger partial charge in [0, 0.05) is 6.07 Å². The Kier molecular flexibility index (Phi) is 2.78. The van der Waals surface area contributed by atoms with E-state index >= 15 is 0 Å². The Morgan fingerprint density at radius 2 is 2.24 bits per heavy atom. The number of carbonyl (C=O) groups is 1. The number of aromatic nitrogens is 2. The van der Waals surface area contributed by atoms with Gasteiger partial charge in [-0.3, -0.25) is 4.79 Å². The van der Waals surface area contributed by atoms with Gasteiger partial charge in [-0.2, -0.15) is 5.10 Å². The van der Waals surface area contributed by atoms with Crippen LogP contribution in [-0.2, 0) is 4.79 Å². The van der Waals surface area contributed by atoms with Crippen LogP contribution in [0.2, 0.25) is 0 Å². The topological polar surface area (TPSA) is 85.3 Å². The second-order valence-corrected chi connectivity index (χ2v) is 3.49. The molecule has 0 saturated carbocycles. The number of rotatable bonds is 3. The van der Waals surface area contributed by atoms with Gasteiger partial charge in [0.15, 0.2) is 11.8 Å². The van der Waals surface area contributed by atoms with Crippen molar-refractivity contribution >= 4 is 5.97 Å². The van der Waals surface area contributed by atoms with Crippen molar-refractivity contribution in [1.29, 1.82) is 0 Å². The van der Waals surface area contributed by atoms with Gasteiger partial charge < -0.3 is 9.52 Å². The molecular weight excluding hydrogens is 224 g/mol. The molecule has 2 rings (SSSR count).